The molecule has 2 nitrogen and oxygen atoms in total. The SMILES string of the molecule is CCC[C@@H](Oc1ccc(Cl)cc1C)[C@H]1CCNC1. The van der Waals surface area contributed by atoms with Crippen molar-refractivity contribution >= 4 is 11.6 Å². The van der Waals surface area contributed by atoms with E-state index in [9.17, 15) is 0 Å². The number of ether oxygens (including phenoxy) is 1. The Labute approximate surface area is 115 Å². The van der Waals surface area contributed by atoms with Crippen molar-refractivity contribution < 1.29 is 4.74 Å². The molecule has 0 radical (unpaired) electrons. The quantitative estimate of drug-likeness (QED) is 0.876. The third kappa shape index (κ3) is 3.39. The summed E-state index contributed by atoms with van der Waals surface area (Å²) in [6, 6.07) is 5.86. The number of nitrogens with one attached hydrogen (secondary N) is 1. The summed E-state index contributed by atoms with van der Waals surface area (Å²) in [4.78, 5) is 0. The van der Waals surface area contributed by atoms with E-state index in [1.165, 1.54) is 6.42 Å². The third-order valence-corrected chi connectivity index (χ3v) is 3.85. The summed E-state index contributed by atoms with van der Waals surface area (Å²) in [5, 5.41) is 4.19. The summed E-state index contributed by atoms with van der Waals surface area (Å²) in [5.41, 5.74) is 1.12. The molecule has 1 aromatic carbocycles. The van der Waals surface area contributed by atoms with Crippen LogP contribution in [0.15, 0.2) is 18.2 Å². The van der Waals surface area contributed by atoms with Gasteiger partial charge in [-0.3, -0.25) is 0 Å². The van der Waals surface area contributed by atoms with Crippen molar-refractivity contribution in [2.24, 2.45) is 5.92 Å². The third-order valence-electron chi connectivity index (χ3n) is 3.61. The van der Waals surface area contributed by atoms with Crippen molar-refractivity contribution in [1.82, 2.24) is 5.32 Å². The van der Waals surface area contributed by atoms with Crippen LogP contribution in [-0.2, 0) is 0 Å². The van der Waals surface area contributed by atoms with Crippen molar-refractivity contribution in [2.45, 2.75) is 39.2 Å². The summed E-state index contributed by atoms with van der Waals surface area (Å²) in [6.45, 7) is 6.47. The molecular formula is C15H22ClNO. The molecule has 100 valence electrons. The number of benzene rings is 1. The highest BCUT2D eigenvalue weighted by atomic mass is 35.5. The van der Waals surface area contributed by atoms with Crippen LogP contribution in [0, 0.1) is 12.8 Å². The number of rotatable bonds is 5. The molecule has 0 aromatic heterocycles. The molecule has 2 rings (SSSR count). The maximum Gasteiger partial charge on any atom is 0.122 e. The minimum absolute atomic E-state index is 0.324. The van der Waals surface area contributed by atoms with Crippen LogP contribution in [0.3, 0.4) is 0 Å². The Morgan fingerprint density at radius 2 is 2.33 bits per heavy atom. The Hall–Kier alpha value is -0.730. The molecule has 2 atom stereocenters. The van der Waals surface area contributed by atoms with Gasteiger partial charge in [0.15, 0.2) is 0 Å². The smallest absolute Gasteiger partial charge is 0.122 e. The summed E-state index contributed by atoms with van der Waals surface area (Å²) in [5.74, 6) is 1.62. The lowest BCUT2D eigenvalue weighted by atomic mass is 9.97. The lowest BCUT2D eigenvalue weighted by molar-refractivity contribution is 0.131. The fourth-order valence-corrected chi connectivity index (χ4v) is 2.80. The maximum atomic E-state index is 6.23. The molecule has 3 heteroatoms. The second kappa shape index (κ2) is 6.44. The van der Waals surface area contributed by atoms with E-state index in [1.807, 2.05) is 18.2 Å². The molecule has 0 spiro atoms. The van der Waals surface area contributed by atoms with Gasteiger partial charge in [-0.15, -0.1) is 0 Å². The van der Waals surface area contributed by atoms with E-state index >= 15 is 0 Å². The van der Waals surface area contributed by atoms with E-state index in [0.717, 1.165) is 42.3 Å². The van der Waals surface area contributed by atoms with Crippen LogP contribution in [-0.4, -0.2) is 19.2 Å². The zero-order valence-corrected chi connectivity index (χ0v) is 12.0. The molecule has 1 fully saturated rings. The van der Waals surface area contributed by atoms with Gasteiger partial charge in [0, 0.05) is 17.5 Å². The molecule has 1 heterocycles. The first-order valence-corrected chi connectivity index (χ1v) is 7.22. The normalized spacial score (nSPS) is 20.9. The van der Waals surface area contributed by atoms with Gasteiger partial charge in [0.1, 0.15) is 11.9 Å². The molecule has 0 aliphatic carbocycles. The molecule has 1 aromatic rings. The fraction of sp³-hybridized carbons (Fsp3) is 0.600. The van der Waals surface area contributed by atoms with Gasteiger partial charge in [0.25, 0.3) is 0 Å². The number of halogens is 1. The highest BCUT2D eigenvalue weighted by Crippen LogP contribution is 2.27. The second-order valence-electron chi connectivity index (χ2n) is 5.11. The van der Waals surface area contributed by atoms with Gasteiger partial charge >= 0.3 is 0 Å². The first-order chi connectivity index (χ1) is 8.70. The molecular weight excluding hydrogens is 246 g/mol. The molecule has 0 bridgehead atoms. The first kappa shape index (κ1) is 13.7. The maximum absolute atomic E-state index is 6.23. The molecule has 18 heavy (non-hydrogen) atoms. The summed E-state index contributed by atoms with van der Waals surface area (Å²) >= 11 is 5.98. The van der Waals surface area contributed by atoms with Gasteiger partial charge in [-0.1, -0.05) is 24.9 Å². The zero-order valence-electron chi connectivity index (χ0n) is 11.2. The number of aryl methyl sites for hydroxylation is 1. The molecule has 0 amide bonds. The second-order valence-corrected chi connectivity index (χ2v) is 5.54. The molecule has 1 aliphatic rings. The minimum Gasteiger partial charge on any atom is -0.490 e. The van der Waals surface area contributed by atoms with Crippen LogP contribution in [0.5, 0.6) is 5.75 Å². The molecule has 1 saturated heterocycles. The molecule has 1 N–H and O–H groups in total. The van der Waals surface area contributed by atoms with Crippen LogP contribution in [0.2, 0.25) is 5.02 Å². The number of hydrogen-bond acceptors (Lipinski definition) is 2. The van der Waals surface area contributed by atoms with Crippen LogP contribution >= 0.6 is 11.6 Å². The largest absolute Gasteiger partial charge is 0.490 e. The molecule has 0 unspecified atom stereocenters. The zero-order chi connectivity index (χ0) is 13.0. The number of hydrogen-bond donors (Lipinski definition) is 1. The van der Waals surface area contributed by atoms with Crippen LogP contribution in [0.25, 0.3) is 0 Å². The van der Waals surface area contributed by atoms with Crippen LogP contribution in [0.4, 0.5) is 0 Å². The first-order valence-electron chi connectivity index (χ1n) is 6.84. The van der Waals surface area contributed by atoms with Gasteiger partial charge in [0.2, 0.25) is 0 Å². The predicted molar refractivity (Wildman–Crippen MR) is 76.5 cm³/mol. The van der Waals surface area contributed by atoms with Gasteiger partial charge in [-0.2, -0.15) is 0 Å². The van der Waals surface area contributed by atoms with Gasteiger partial charge in [-0.05, 0) is 50.1 Å². The van der Waals surface area contributed by atoms with E-state index in [1.54, 1.807) is 0 Å². The van der Waals surface area contributed by atoms with Crippen molar-refractivity contribution in [2.75, 3.05) is 13.1 Å². The standard InChI is InChI=1S/C15H22ClNO/c1-3-4-15(12-7-8-17-10-12)18-14-6-5-13(16)9-11(14)2/h5-6,9,12,15,17H,3-4,7-8,10H2,1-2H3/t12-,15+/m0/s1. The van der Waals surface area contributed by atoms with Gasteiger partial charge < -0.3 is 10.1 Å². The molecule has 1 aliphatic heterocycles. The monoisotopic (exact) mass is 267 g/mol. The highest BCUT2D eigenvalue weighted by molar-refractivity contribution is 6.30. The van der Waals surface area contributed by atoms with E-state index in [4.69, 9.17) is 16.3 Å². The Bertz CT molecular complexity index is 388. The lowest BCUT2D eigenvalue weighted by Gasteiger charge is -2.25. The van der Waals surface area contributed by atoms with Crippen molar-refractivity contribution in [3.05, 3.63) is 28.8 Å². The van der Waals surface area contributed by atoms with Crippen LogP contribution in [0.1, 0.15) is 31.7 Å². The van der Waals surface area contributed by atoms with Gasteiger partial charge in [-0.25, -0.2) is 0 Å². The average molecular weight is 268 g/mol. The van der Waals surface area contributed by atoms with Crippen molar-refractivity contribution in [1.29, 1.82) is 0 Å². The van der Waals surface area contributed by atoms with E-state index in [2.05, 4.69) is 19.2 Å². The van der Waals surface area contributed by atoms with E-state index < -0.39 is 0 Å². The fourth-order valence-electron chi connectivity index (χ4n) is 2.58. The summed E-state index contributed by atoms with van der Waals surface area (Å²) in [6.07, 6.45) is 3.82. The Morgan fingerprint density at radius 1 is 1.50 bits per heavy atom. The van der Waals surface area contributed by atoms with Gasteiger partial charge in [0.05, 0.1) is 0 Å². The highest BCUT2D eigenvalue weighted by Gasteiger charge is 2.26. The minimum atomic E-state index is 0.324. The summed E-state index contributed by atoms with van der Waals surface area (Å²) in [7, 11) is 0. The topological polar surface area (TPSA) is 21.3 Å². The van der Waals surface area contributed by atoms with E-state index in [-0.39, 0.29) is 0 Å². The van der Waals surface area contributed by atoms with E-state index in [0.29, 0.717) is 12.0 Å². The Morgan fingerprint density at radius 3 is 2.94 bits per heavy atom. The van der Waals surface area contributed by atoms with Crippen LogP contribution < -0.4 is 10.1 Å². The average Bonchev–Trinajstić information content (AvgIpc) is 2.85. The van der Waals surface area contributed by atoms with Crippen molar-refractivity contribution in [3.63, 3.8) is 0 Å². The summed E-state index contributed by atoms with van der Waals surface area (Å²) < 4.78 is 6.23. The van der Waals surface area contributed by atoms with Crippen molar-refractivity contribution in [3.8, 4) is 5.75 Å². The Balaban J connectivity index is 2.07. The predicted octanol–water partition coefficient (Wildman–Crippen LogP) is 3.81. The molecule has 0 saturated carbocycles. The Kier molecular flexibility index (Phi) is 4.90. The lowest BCUT2D eigenvalue weighted by Crippen LogP contribution is -2.28.